The molecule has 5 nitrogen and oxygen atoms in total. The number of carboxylic acids is 1. The highest BCUT2D eigenvalue weighted by molar-refractivity contribution is 5.73. The molecule has 2 N–H and O–H groups in total. The van der Waals surface area contributed by atoms with Crippen molar-refractivity contribution in [3.8, 4) is 11.5 Å². The number of hydrogen-bond acceptors (Lipinski definition) is 4. The fourth-order valence-corrected chi connectivity index (χ4v) is 1.85. The van der Waals surface area contributed by atoms with E-state index in [0.29, 0.717) is 17.9 Å². The van der Waals surface area contributed by atoms with Crippen LogP contribution >= 0.6 is 0 Å². The van der Waals surface area contributed by atoms with Gasteiger partial charge in [-0.1, -0.05) is 12.1 Å². The Morgan fingerprint density at radius 3 is 2.42 bits per heavy atom. The van der Waals surface area contributed by atoms with Crippen molar-refractivity contribution < 1.29 is 19.4 Å². The molecule has 1 aromatic carbocycles. The Hall–Kier alpha value is -1.75. The van der Waals surface area contributed by atoms with E-state index in [2.05, 4.69) is 5.32 Å². The number of ether oxygens (including phenoxy) is 2. The number of methoxy groups -OCH3 is 1. The molecule has 0 amide bonds. The Labute approximate surface area is 113 Å². The number of carbonyl (C=O) groups is 1. The van der Waals surface area contributed by atoms with Crippen LogP contribution in [0.5, 0.6) is 11.5 Å². The van der Waals surface area contributed by atoms with Crippen LogP contribution in [-0.4, -0.2) is 36.9 Å². The van der Waals surface area contributed by atoms with Gasteiger partial charge in [0.05, 0.1) is 7.11 Å². The first-order valence-corrected chi connectivity index (χ1v) is 6.11. The summed E-state index contributed by atoms with van der Waals surface area (Å²) in [7, 11) is 3.20. The molecule has 0 aliphatic carbocycles. The number of benzene rings is 1. The van der Waals surface area contributed by atoms with Crippen LogP contribution in [0, 0.1) is 0 Å². The van der Waals surface area contributed by atoms with Crippen molar-refractivity contribution in [2.45, 2.75) is 31.9 Å². The maximum atomic E-state index is 11.0. The highest BCUT2D eigenvalue weighted by Gasteiger charge is 2.29. The van der Waals surface area contributed by atoms with Crippen molar-refractivity contribution in [2.24, 2.45) is 0 Å². The number of rotatable bonds is 7. The lowest BCUT2D eigenvalue weighted by atomic mass is 9.98. The molecule has 0 radical (unpaired) electrons. The molecule has 0 aromatic heterocycles. The zero-order valence-electron chi connectivity index (χ0n) is 11.8. The van der Waals surface area contributed by atoms with Crippen LogP contribution in [0.3, 0.4) is 0 Å². The first kappa shape index (κ1) is 15.3. The molecule has 19 heavy (non-hydrogen) atoms. The highest BCUT2D eigenvalue weighted by Crippen LogP contribution is 2.31. The van der Waals surface area contributed by atoms with Crippen LogP contribution in [0.1, 0.15) is 20.3 Å². The smallest absolute Gasteiger partial charge is 0.320 e. The molecular formula is C14H21NO4. The van der Waals surface area contributed by atoms with Gasteiger partial charge in [-0.05, 0) is 33.0 Å². The van der Waals surface area contributed by atoms with Crippen LogP contribution in [0.2, 0.25) is 0 Å². The Kier molecular flexibility index (Phi) is 5.18. The van der Waals surface area contributed by atoms with Gasteiger partial charge in [0.15, 0.2) is 11.5 Å². The molecule has 0 saturated carbocycles. The van der Waals surface area contributed by atoms with Gasteiger partial charge in [0, 0.05) is 6.42 Å². The molecule has 1 aromatic rings. The van der Waals surface area contributed by atoms with Crippen molar-refractivity contribution in [1.82, 2.24) is 5.32 Å². The van der Waals surface area contributed by atoms with Gasteiger partial charge in [-0.2, -0.15) is 0 Å². The third kappa shape index (κ3) is 4.44. The zero-order chi connectivity index (χ0) is 14.5. The SMILES string of the molecule is CNC(CC(C)(C)Oc1ccccc1OC)C(=O)O. The molecule has 5 heteroatoms. The Bertz CT molecular complexity index is 431. The molecule has 0 spiro atoms. The molecule has 0 aliphatic heterocycles. The molecular weight excluding hydrogens is 246 g/mol. The average Bonchev–Trinajstić information content (AvgIpc) is 2.36. The summed E-state index contributed by atoms with van der Waals surface area (Å²) in [5, 5.41) is 11.8. The lowest BCUT2D eigenvalue weighted by Gasteiger charge is -2.29. The lowest BCUT2D eigenvalue weighted by molar-refractivity contribution is -0.140. The van der Waals surface area contributed by atoms with Crippen LogP contribution in [0.4, 0.5) is 0 Å². The van der Waals surface area contributed by atoms with Crippen molar-refractivity contribution >= 4 is 5.97 Å². The highest BCUT2D eigenvalue weighted by atomic mass is 16.5. The summed E-state index contributed by atoms with van der Waals surface area (Å²) in [6, 6.07) is 6.66. The van der Waals surface area contributed by atoms with Gasteiger partial charge in [-0.15, -0.1) is 0 Å². The number of likely N-dealkylation sites (N-methyl/N-ethyl adjacent to an activating group) is 1. The molecule has 106 valence electrons. The second-order valence-corrected chi connectivity index (χ2v) is 4.90. The minimum Gasteiger partial charge on any atom is -0.493 e. The number of nitrogens with one attached hydrogen (secondary N) is 1. The van der Waals surface area contributed by atoms with E-state index in [1.807, 2.05) is 26.0 Å². The Balaban J connectivity index is 2.81. The molecule has 0 fully saturated rings. The van der Waals surface area contributed by atoms with Crippen molar-refractivity contribution in [2.75, 3.05) is 14.2 Å². The largest absolute Gasteiger partial charge is 0.493 e. The molecule has 1 atom stereocenters. The first-order chi connectivity index (χ1) is 8.89. The van der Waals surface area contributed by atoms with Gasteiger partial charge in [0.25, 0.3) is 0 Å². The van der Waals surface area contributed by atoms with E-state index in [1.165, 1.54) is 0 Å². The summed E-state index contributed by atoms with van der Waals surface area (Å²) in [6.07, 6.45) is 0.344. The monoisotopic (exact) mass is 267 g/mol. The summed E-state index contributed by atoms with van der Waals surface area (Å²) in [5.74, 6) is 0.348. The van der Waals surface area contributed by atoms with Crippen molar-refractivity contribution in [3.63, 3.8) is 0 Å². The molecule has 1 rings (SSSR count). The van der Waals surface area contributed by atoms with E-state index in [4.69, 9.17) is 14.6 Å². The van der Waals surface area contributed by atoms with Crippen molar-refractivity contribution in [3.05, 3.63) is 24.3 Å². The molecule has 1 unspecified atom stereocenters. The fourth-order valence-electron chi connectivity index (χ4n) is 1.85. The lowest BCUT2D eigenvalue weighted by Crippen LogP contribution is -2.43. The van der Waals surface area contributed by atoms with Crippen LogP contribution in [-0.2, 0) is 4.79 Å². The van der Waals surface area contributed by atoms with E-state index < -0.39 is 17.6 Å². The average molecular weight is 267 g/mol. The summed E-state index contributed by atoms with van der Waals surface area (Å²) in [5.41, 5.74) is -0.624. The van der Waals surface area contributed by atoms with Gasteiger partial charge in [-0.3, -0.25) is 4.79 Å². The maximum Gasteiger partial charge on any atom is 0.320 e. The zero-order valence-corrected chi connectivity index (χ0v) is 11.8. The number of para-hydroxylation sites is 2. The molecule has 0 aliphatic rings. The van der Waals surface area contributed by atoms with Gasteiger partial charge in [0.1, 0.15) is 11.6 Å². The minimum atomic E-state index is -0.890. The van der Waals surface area contributed by atoms with Gasteiger partial charge >= 0.3 is 5.97 Å². The molecule has 0 heterocycles. The van der Waals surface area contributed by atoms with Gasteiger partial charge < -0.3 is 19.9 Å². The van der Waals surface area contributed by atoms with Crippen LogP contribution in [0.25, 0.3) is 0 Å². The van der Waals surface area contributed by atoms with Crippen LogP contribution < -0.4 is 14.8 Å². The Morgan fingerprint density at radius 2 is 1.95 bits per heavy atom. The quantitative estimate of drug-likeness (QED) is 0.790. The molecule has 0 bridgehead atoms. The number of aliphatic carboxylic acids is 1. The predicted molar refractivity (Wildman–Crippen MR) is 72.8 cm³/mol. The third-order valence-corrected chi connectivity index (χ3v) is 2.80. The van der Waals surface area contributed by atoms with E-state index in [9.17, 15) is 4.79 Å². The van der Waals surface area contributed by atoms with Gasteiger partial charge in [0.2, 0.25) is 0 Å². The van der Waals surface area contributed by atoms with E-state index in [1.54, 1.807) is 26.3 Å². The second-order valence-electron chi connectivity index (χ2n) is 4.90. The summed E-state index contributed by atoms with van der Waals surface area (Å²) in [6.45, 7) is 3.71. The maximum absolute atomic E-state index is 11.0. The summed E-state index contributed by atoms with van der Waals surface area (Å²) in [4.78, 5) is 11.0. The first-order valence-electron chi connectivity index (χ1n) is 6.11. The van der Waals surface area contributed by atoms with Crippen molar-refractivity contribution in [1.29, 1.82) is 0 Å². The standard InChI is InChI=1S/C14H21NO4/c1-14(2,9-10(15-3)13(16)17)19-12-8-6-5-7-11(12)18-4/h5-8,10,15H,9H2,1-4H3,(H,16,17). The molecule has 0 saturated heterocycles. The third-order valence-electron chi connectivity index (χ3n) is 2.80. The van der Waals surface area contributed by atoms with Crippen LogP contribution in [0.15, 0.2) is 24.3 Å². The van der Waals surface area contributed by atoms with Gasteiger partial charge in [-0.25, -0.2) is 0 Å². The number of hydrogen-bond donors (Lipinski definition) is 2. The Morgan fingerprint density at radius 1 is 1.37 bits per heavy atom. The normalized spacial score (nSPS) is 12.8. The second kappa shape index (κ2) is 6.43. The van der Waals surface area contributed by atoms with E-state index in [-0.39, 0.29) is 0 Å². The van der Waals surface area contributed by atoms with E-state index >= 15 is 0 Å². The summed E-state index contributed by atoms with van der Waals surface area (Å²) < 4.78 is 11.1. The topological polar surface area (TPSA) is 67.8 Å². The number of carboxylic acid groups (broad SMARTS) is 1. The minimum absolute atomic E-state index is 0.344. The fraction of sp³-hybridized carbons (Fsp3) is 0.500. The predicted octanol–water partition coefficient (Wildman–Crippen LogP) is 1.92. The van der Waals surface area contributed by atoms with E-state index in [0.717, 1.165) is 0 Å². The summed E-state index contributed by atoms with van der Waals surface area (Å²) >= 11 is 0.